The zero-order valence-electron chi connectivity index (χ0n) is 5.89. The van der Waals surface area contributed by atoms with Gasteiger partial charge in [0.05, 0.1) is 0 Å². The monoisotopic (exact) mass is 122 g/mol. The van der Waals surface area contributed by atoms with Gasteiger partial charge in [0, 0.05) is 5.41 Å². The molecule has 1 nitrogen and oxygen atoms in total. The molecule has 1 heterocycles. The average molecular weight is 122 g/mol. The zero-order chi connectivity index (χ0) is 6.74. The third-order valence-electron chi connectivity index (χ3n) is 1.33. The number of nitrogens with one attached hydrogen (secondary N) is 1. The molecule has 0 unspecified atom stereocenters. The number of allylic oxidation sites excluding steroid dienone is 3. The van der Waals surface area contributed by atoms with Crippen LogP contribution in [0.1, 0.15) is 13.8 Å². The molecule has 0 aromatic heterocycles. The van der Waals surface area contributed by atoms with Gasteiger partial charge >= 0.3 is 0 Å². The van der Waals surface area contributed by atoms with E-state index in [2.05, 4.69) is 31.0 Å². The Hall–Kier alpha value is -0.850. The molecule has 0 atom stereocenters. The quantitative estimate of drug-likeness (QED) is 0.473. The number of hydrogen-bond donors (Lipinski definition) is 1. The lowest BCUT2D eigenvalue weighted by Crippen LogP contribution is -2.60. The van der Waals surface area contributed by atoms with Crippen LogP contribution in [-0.2, 0) is 0 Å². The van der Waals surface area contributed by atoms with E-state index in [1.165, 1.54) is 0 Å². The average Bonchev–Trinajstić information content (AvgIpc) is 1.92. The lowest BCUT2D eigenvalue weighted by atomic mass is 9.94. The molecule has 0 saturated heterocycles. The van der Waals surface area contributed by atoms with Crippen molar-refractivity contribution in [1.82, 2.24) is 0 Å². The summed E-state index contributed by atoms with van der Waals surface area (Å²) in [5.41, 5.74) is 0.208. The molecular formula is C8H12N+. The Kier molecular flexibility index (Phi) is 1.52. The van der Waals surface area contributed by atoms with Gasteiger partial charge in [0.1, 0.15) is 0 Å². The first-order valence-electron chi connectivity index (χ1n) is 3.15. The molecule has 1 N–H and O–H groups in total. The SMILES string of the molecule is CC1(C)C=CC=[NH+]C=C1. The first-order valence-corrected chi connectivity index (χ1v) is 3.15. The van der Waals surface area contributed by atoms with Crippen LogP contribution in [0.5, 0.6) is 0 Å². The number of hydrogen-bond acceptors (Lipinski definition) is 0. The zero-order valence-corrected chi connectivity index (χ0v) is 5.89. The molecule has 0 spiro atoms. The Labute approximate surface area is 55.8 Å². The maximum absolute atomic E-state index is 3.01. The normalized spacial score (nSPS) is 22.0. The van der Waals surface area contributed by atoms with Crippen LogP contribution in [0.4, 0.5) is 0 Å². The summed E-state index contributed by atoms with van der Waals surface area (Å²) in [6, 6.07) is 0. The second-order valence-electron chi connectivity index (χ2n) is 2.85. The van der Waals surface area contributed by atoms with Gasteiger partial charge in [-0.3, -0.25) is 0 Å². The Bertz CT molecular complexity index is 155. The molecule has 9 heavy (non-hydrogen) atoms. The highest BCUT2D eigenvalue weighted by Gasteiger charge is 2.09. The molecule has 1 aliphatic rings. The minimum atomic E-state index is 0.208. The summed E-state index contributed by atoms with van der Waals surface area (Å²) < 4.78 is 0. The Balaban J connectivity index is 2.82. The summed E-state index contributed by atoms with van der Waals surface area (Å²) in [5, 5.41) is 0. The van der Waals surface area contributed by atoms with Crippen molar-refractivity contribution >= 4 is 6.21 Å². The standard InChI is InChI=1S/C8H11N/c1-8(2)4-3-6-9-7-5-8/h3-7H,1-2H3/p+1. The van der Waals surface area contributed by atoms with Crippen molar-refractivity contribution in [3.63, 3.8) is 0 Å². The fourth-order valence-corrected chi connectivity index (χ4v) is 0.726. The topological polar surface area (TPSA) is 14.0 Å². The summed E-state index contributed by atoms with van der Waals surface area (Å²) in [5.74, 6) is 0. The van der Waals surface area contributed by atoms with E-state index in [4.69, 9.17) is 0 Å². The molecule has 48 valence electrons. The molecule has 0 bridgehead atoms. The van der Waals surface area contributed by atoms with E-state index in [1.54, 1.807) is 0 Å². The van der Waals surface area contributed by atoms with Gasteiger partial charge in [-0.15, -0.1) is 0 Å². The molecule has 0 saturated carbocycles. The van der Waals surface area contributed by atoms with Crippen LogP contribution < -0.4 is 4.99 Å². The third-order valence-corrected chi connectivity index (χ3v) is 1.33. The molecule has 0 radical (unpaired) electrons. The van der Waals surface area contributed by atoms with Crippen molar-refractivity contribution in [3.05, 3.63) is 24.4 Å². The fraction of sp³-hybridized carbons (Fsp3) is 0.375. The van der Waals surface area contributed by atoms with Gasteiger partial charge in [-0.05, 0) is 12.2 Å². The Morgan fingerprint density at radius 3 is 2.78 bits per heavy atom. The second-order valence-corrected chi connectivity index (χ2v) is 2.85. The highest BCUT2D eigenvalue weighted by molar-refractivity contribution is 5.66. The van der Waals surface area contributed by atoms with E-state index in [0.717, 1.165) is 0 Å². The Morgan fingerprint density at radius 1 is 1.22 bits per heavy atom. The van der Waals surface area contributed by atoms with Crippen molar-refractivity contribution in [2.75, 3.05) is 0 Å². The highest BCUT2D eigenvalue weighted by atomic mass is 14.7. The second kappa shape index (κ2) is 2.18. The van der Waals surface area contributed by atoms with Crippen molar-refractivity contribution in [1.29, 1.82) is 0 Å². The van der Waals surface area contributed by atoms with Crippen LogP contribution >= 0.6 is 0 Å². The van der Waals surface area contributed by atoms with Crippen molar-refractivity contribution in [2.45, 2.75) is 13.8 Å². The van der Waals surface area contributed by atoms with Crippen LogP contribution in [0.15, 0.2) is 24.4 Å². The van der Waals surface area contributed by atoms with Crippen LogP contribution in [0, 0.1) is 5.41 Å². The van der Waals surface area contributed by atoms with Crippen LogP contribution in [0.3, 0.4) is 0 Å². The van der Waals surface area contributed by atoms with Crippen LogP contribution in [0.25, 0.3) is 0 Å². The van der Waals surface area contributed by atoms with Crippen LogP contribution in [-0.4, -0.2) is 6.21 Å². The minimum absolute atomic E-state index is 0.208. The van der Waals surface area contributed by atoms with Crippen molar-refractivity contribution in [2.24, 2.45) is 5.41 Å². The van der Waals surface area contributed by atoms with Crippen LogP contribution in [0.2, 0.25) is 0 Å². The summed E-state index contributed by atoms with van der Waals surface area (Å²) in [6.07, 6.45) is 10.2. The first-order chi connectivity index (χ1) is 4.21. The maximum Gasteiger partial charge on any atom is 0.166 e. The van der Waals surface area contributed by atoms with E-state index in [-0.39, 0.29) is 5.41 Å². The van der Waals surface area contributed by atoms with Gasteiger partial charge in [-0.25, -0.2) is 4.99 Å². The van der Waals surface area contributed by atoms with E-state index < -0.39 is 0 Å². The highest BCUT2D eigenvalue weighted by Crippen LogP contribution is 2.17. The first kappa shape index (κ1) is 6.27. The summed E-state index contributed by atoms with van der Waals surface area (Å²) in [6.45, 7) is 4.34. The summed E-state index contributed by atoms with van der Waals surface area (Å²) in [7, 11) is 0. The van der Waals surface area contributed by atoms with Crippen molar-refractivity contribution in [3.8, 4) is 0 Å². The lowest BCUT2D eigenvalue weighted by Gasteiger charge is -2.09. The molecule has 0 aliphatic carbocycles. The third kappa shape index (κ3) is 1.84. The van der Waals surface area contributed by atoms with E-state index in [9.17, 15) is 0 Å². The van der Waals surface area contributed by atoms with E-state index in [1.807, 2.05) is 18.5 Å². The predicted molar refractivity (Wildman–Crippen MR) is 39.1 cm³/mol. The van der Waals surface area contributed by atoms with E-state index >= 15 is 0 Å². The molecule has 1 heteroatoms. The molecular weight excluding hydrogens is 110 g/mol. The number of rotatable bonds is 0. The summed E-state index contributed by atoms with van der Waals surface area (Å²) in [4.78, 5) is 3.01. The van der Waals surface area contributed by atoms with Gasteiger partial charge in [0.2, 0.25) is 0 Å². The summed E-state index contributed by atoms with van der Waals surface area (Å²) >= 11 is 0. The van der Waals surface area contributed by atoms with Gasteiger partial charge in [0.15, 0.2) is 12.4 Å². The molecule has 0 aromatic rings. The largest absolute Gasteiger partial charge is 0.218 e. The molecule has 0 aromatic carbocycles. The lowest BCUT2D eigenvalue weighted by molar-refractivity contribution is -0.366. The van der Waals surface area contributed by atoms with Gasteiger partial charge in [0.25, 0.3) is 0 Å². The molecule has 1 aliphatic heterocycles. The maximum atomic E-state index is 3.01. The smallest absolute Gasteiger partial charge is 0.166 e. The van der Waals surface area contributed by atoms with Crippen molar-refractivity contribution < 1.29 is 4.99 Å². The van der Waals surface area contributed by atoms with Gasteiger partial charge in [-0.2, -0.15) is 0 Å². The molecule has 0 fully saturated rings. The minimum Gasteiger partial charge on any atom is -0.218 e. The fourth-order valence-electron chi connectivity index (χ4n) is 0.726. The van der Waals surface area contributed by atoms with E-state index in [0.29, 0.717) is 0 Å². The predicted octanol–water partition coefficient (Wildman–Crippen LogP) is 0.248. The van der Waals surface area contributed by atoms with Gasteiger partial charge < -0.3 is 0 Å². The molecule has 1 rings (SSSR count). The van der Waals surface area contributed by atoms with Gasteiger partial charge in [-0.1, -0.05) is 19.9 Å². The molecule has 0 amide bonds. The Morgan fingerprint density at radius 2 is 2.00 bits per heavy atom.